The van der Waals surface area contributed by atoms with Crippen LogP contribution in [0.2, 0.25) is 5.02 Å². The molecule has 3 heteroatoms. The summed E-state index contributed by atoms with van der Waals surface area (Å²) in [5.74, 6) is 0.989. The maximum Gasteiger partial charge on any atom is 0.0438 e. The molecule has 0 spiro atoms. The lowest BCUT2D eigenvalue weighted by molar-refractivity contribution is 0.190. The number of likely N-dealkylation sites (tertiary alicyclic amines) is 1. The fourth-order valence-electron chi connectivity index (χ4n) is 2.94. The van der Waals surface area contributed by atoms with Gasteiger partial charge in [-0.1, -0.05) is 23.7 Å². The lowest BCUT2D eigenvalue weighted by Crippen LogP contribution is -2.42. The van der Waals surface area contributed by atoms with Crippen LogP contribution in [0.5, 0.6) is 0 Å². The number of rotatable bonds is 5. The minimum atomic E-state index is 0.744. The third-order valence-corrected chi connectivity index (χ3v) is 5.03. The topological polar surface area (TPSA) is 15.3 Å². The summed E-state index contributed by atoms with van der Waals surface area (Å²) in [7, 11) is 0. The van der Waals surface area contributed by atoms with Crippen LogP contribution in [0.15, 0.2) is 18.2 Å². The summed E-state index contributed by atoms with van der Waals surface area (Å²) in [5.41, 5.74) is 2.50. The number of hydrogen-bond acceptors (Lipinski definition) is 2. The highest BCUT2D eigenvalue weighted by molar-refractivity contribution is 6.31. The molecule has 0 aromatic heterocycles. The number of nitrogens with one attached hydrogen (secondary N) is 1. The van der Waals surface area contributed by atoms with Gasteiger partial charge in [0.15, 0.2) is 0 Å². The molecule has 0 atom stereocenters. The molecule has 2 aliphatic rings. The second-order valence-electron chi connectivity index (χ2n) is 6.49. The summed E-state index contributed by atoms with van der Waals surface area (Å²) in [6, 6.07) is 7.20. The first kappa shape index (κ1) is 14.4. The molecule has 0 bridgehead atoms. The van der Waals surface area contributed by atoms with Gasteiger partial charge in [-0.3, -0.25) is 4.90 Å². The van der Waals surface area contributed by atoms with Crippen molar-refractivity contribution in [2.45, 2.75) is 45.2 Å². The lowest BCUT2D eigenvalue weighted by Gasteiger charge is -2.32. The van der Waals surface area contributed by atoms with Crippen molar-refractivity contribution in [3.05, 3.63) is 34.3 Å². The van der Waals surface area contributed by atoms with E-state index in [4.69, 9.17) is 11.6 Å². The van der Waals surface area contributed by atoms with E-state index >= 15 is 0 Å². The Kier molecular flexibility index (Phi) is 4.65. The van der Waals surface area contributed by atoms with Gasteiger partial charge in [-0.05, 0) is 75.4 Å². The van der Waals surface area contributed by atoms with Crippen molar-refractivity contribution in [3.8, 4) is 0 Å². The van der Waals surface area contributed by atoms with Crippen LogP contribution in [0.1, 0.15) is 36.8 Å². The first-order chi connectivity index (χ1) is 9.70. The molecule has 1 saturated heterocycles. The Hall–Kier alpha value is -0.570. The monoisotopic (exact) mass is 292 g/mol. The Morgan fingerprint density at radius 2 is 1.95 bits per heavy atom. The van der Waals surface area contributed by atoms with E-state index in [1.165, 1.54) is 56.4 Å². The summed E-state index contributed by atoms with van der Waals surface area (Å²) in [6.07, 6.45) is 5.46. The van der Waals surface area contributed by atoms with Crippen LogP contribution < -0.4 is 5.32 Å². The van der Waals surface area contributed by atoms with Crippen molar-refractivity contribution in [2.24, 2.45) is 5.92 Å². The Morgan fingerprint density at radius 1 is 1.20 bits per heavy atom. The van der Waals surface area contributed by atoms with Crippen LogP contribution in [0.4, 0.5) is 0 Å². The summed E-state index contributed by atoms with van der Waals surface area (Å²) >= 11 is 6.20. The third-order valence-electron chi connectivity index (χ3n) is 4.62. The summed E-state index contributed by atoms with van der Waals surface area (Å²) in [6.45, 7) is 6.75. The molecular weight excluding hydrogens is 268 g/mol. The van der Waals surface area contributed by atoms with Gasteiger partial charge in [-0.2, -0.15) is 0 Å². The lowest BCUT2D eigenvalue weighted by atomic mass is 10.0. The molecule has 110 valence electrons. The van der Waals surface area contributed by atoms with Gasteiger partial charge in [-0.15, -0.1) is 0 Å². The van der Waals surface area contributed by atoms with E-state index in [0.29, 0.717) is 0 Å². The summed E-state index contributed by atoms with van der Waals surface area (Å²) < 4.78 is 0. The molecule has 0 radical (unpaired) electrons. The molecule has 20 heavy (non-hydrogen) atoms. The third kappa shape index (κ3) is 3.97. The van der Waals surface area contributed by atoms with E-state index < -0.39 is 0 Å². The summed E-state index contributed by atoms with van der Waals surface area (Å²) in [5, 5.41) is 4.63. The fraction of sp³-hybridized carbons (Fsp3) is 0.647. The van der Waals surface area contributed by atoms with Crippen molar-refractivity contribution >= 4 is 11.6 Å². The first-order valence-corrected chi connectivity index (χ1v) is 8.29. The van der Waals surface area contributed by atoms with Gasteiger partial charge in [-0.25, -0.2) is 0 Å². The zero-order chi connectivity index (χ0) is 13.9. The number of nitrogens with zero attached hydrogens (tertiary/aromatic N) is 1. The van der Waals surface area contributed by atoms with Gasteiger partial charge in [0.25, 0.3) is 0 Å². The zero-order valence-electron chi connectivity index (χ0n) is 12.4. The summed E-state index contributed by atoms with van der Waals surface area (Å²) in [4.78, 5) is 2.55. The van der Waals surface area contributed by atoms with Crippen LogP contribution in [0.25, 0.3) is 0 Å². The predicted octanol–water partition coefficient (Wildman–Crippen LogP) is 3.61. The highest BCUT2D eigenvalue weighted by Crippen LogP contribution is 2.28. The number of benzene rings is 1. The van der Waals surface area contributed by atoms with Gasteiger partial charge >= 0.3 is 0 Å². The standard InChI is InChI=1S/C17H25ClN2/c1-13-2-3-15(10-17(13)18)12-20-8-6-16(7-9-20)19-11-14-4-5-14/h2-3,10,14,16,19H,4-9,11-12H2,1H3. The molecule has 1 heterocycles. The SMILES string of the molecule is Cc1ccc(CN2CCC(NCC3CC3)CC2)cc1Cl. The Morgan fingerprint density at radius 3 is 2.60 bits per heavy atom. The molecule has 2 fully saturated rings. The fourth-order valence-corrected chi connectivity index (χ4v) is 3.15. The van der Waals surface area contributed by atoms with Crippen LogP contribution in [0.3, 0.4) is 0 Å². The maximum atomic E-state index is 6.20. The van der Waals surface area contributed by atoms with Crippen molar-refractivity contribution in [1.29, 1.82) is 0 Å². The minimum Gasteiger partial charge on any atom is -0.314 e. The molecule has 1 saturated carbocycles. The van der Waals surface area contributed by atoms with Crippen LogP contribution >= 0.6 is 11.6 Å². The average Bonchev–Trinajstić information content (AvgIpc) is 3.26. The van der Waals surface area contributed by atoms with E-state index in [2.05, 4.69) is 35.3 Å². The van der Waals surface area contributed by atoms with Gasteiger partial charge < -0.3 is 5.32 Å². The minimum absolute atomic E-state index is 0.744. The quantitative estimate of drug-likeness (QED) is 0.892. The molecule has 0 unspecified atom stereocenters. The second kappa shape index (κ2) is 6.46. The molecule has 2 nitrogen and oxygen atoms in total. The van der Waals surface area contributed by atoms with E-state index in [1.807, 2.05) is 0 Å². The predicted molar refractivity (Wildman–Crippen MR) is 85.2 cm³/mol. The molecule has 1 aromatic rings. The maximum absolute atomic E-state index is 6.20. The normalized spacial score (nSPS) is 21.3. The number of halogens is 1. The second-order valence-corrected chi connectivity index (χ2v) is 6.89. The van der Waals surface area contributed by atoms with Crippen molar-refractivity contribution in [3.63, 3.8) is 0 Å². The Labute approximate surface area is 127 Å². The number of piperidine rings is 1. The van der Waals surface area contributed by atoms with Crippen molar-refractivity contribution in [2.75, 3.05) is 19.6 Å². The number of hydrogen-bond donors (Lipinski definition) is 1. The zero-order valence-corrected chi connectivity index (χ0v) is 13.1. The highest BCUT2D eigenvalue weighted by Gasteiger charge is 2.24. The van der Waals surface area contributed by atoms with E-state index in [-0.39, 0.29) is 0 Å². The largest absolute Gasteiger partial charge is 0.314 e. The van der Waals surface area contributed by atoms with E-state index in [9.17, 15) is 0 Å². The van der Waals surface area contributed by atoms with Crippen molar-refractivity contribution in [1.82, 2.24) is 10.2 Å². The Balaban J connectivity index is 1.44. The molecule has 0 amide bonds. The van der Waals surface area contributed by atoms with Crippen LogP contribution in [-0.2, 0) is 6.54 Å². The van der Waals surface area contributed by atoms with Gasteiger partial charge in [0.1, 0.15) is 0 Å². The number of aryl methyl sites for hydroxylation is 1. The molecule has 1 aliphatic carbocycles. The van der Waals surface area contributed by atoms with E-state index in [1.54, 1.807) is 0 Å². The Bertz CT molecular complexity index is 448. The molecule has 1 N–H and O–H groups in total. The molecular formula is C17H25ClN2. The van der Waals surface area contributed by atoms with Gasteiger partial charge in [0.05, 0.1) is 0 Å². The van der Waals surface area contributed by atoms with Crippen molar-refractivity contribution < 1.29 is 0 Å². The van der Waals surface area contributed by atoms with Crippen LogP contribution in [-0.4, -0.2) is 30.6 Å². The molecule has 1 aliphatic heterocycles. The smallest absolute Gasteiger partial charge is 0.0438 e. The first-order valence-electron chi connectivity index (χ1n) is 7.91. The van der Waals surface area contributed by atoms with Crippen LogP contribution in [0, 0.1) is 12.8 Å². The van der Waals surface area contributed by atoms with E-state index in [0.717, 1.165) is 23.5 Å². The molecule has 1 aromatic carbocycles. The van der Waals surface area contributed by atoms with Gasteiger partial charge in [0.2, 0.25) is 0 Å². The molecule has 3 rings (SSSR count). The van der Waals surface area contributed by atoms with Gasteiger partial charge in [0, 0.05) is 17.6 Å². The highest BCUT2D eigenvalue weighted by atomic mass is 35.5. The average molecular weight is 293 g/mol.